The van der Waals surface area contributed by atoms with Gasteiger partial charge in [0.2, 0.25) is 0 Å². The molecule has 0 saturated carbocycles. The minimum absolute atomic E-state index is 0.160. The van der Waals surface area contributed by atoms with E-state index in [-0.39, 0.29) is 23.5 Å². The lowest BCUT2D eigenvalue weighted by Gasteiger charge is -2.34. The minimum atomic E-state index is -3.87. The molecule has 0 amide bonds. The highest BCUT2D eigenvalue weighted by Crippen LogP contribution is 2.43. The molecule has 3 rings (SSSR count). The van der Waals surface area contributed by atoms with Gasteiger partial charge in [-0.1, -0.05) is 49.8 Å². The van der Waals surface area contributed by atoms with Gasteiger partial charge in [0.15, 0.2) is 0 Å². The van der Waals surface area contributed by atoms with E-state index in [4.69, 9.17) is 9.47 Å². The smallest absolute Gasteiger partial charge is 0.333 e. The second-order valence-electron chi connectivity index (χ2n) is 8.86. The van der Waals surface area contributed by atoms with Crippen molar-refractivity contribution in [3.8, 4) is 0 Å². The highest BCUT2D eigenvalue weighted by Gasteiger charge is 2.41. The highest BCUT2D eigenvalue weighted by molar-refractivity contribution is 14.1. The first-order valence-corrected chi connectivity index (χ1v) is 13.6. The number of aryl methyl sites for hydroxylation is 1. The van der Waals surface area contributed by atoms with Crippen LogP contribution < -0.4 is 4.31 Å². The van der Waals surface area contributed by atoms with E-state index in [1.807, 2.05) is 31.2 Å². The van der Waals surface area contributed by atoms with Crippen molar-refractivity contribution in [1.29, 1.82) is 0 Å². The van der Waals surface area contributed by atoms with E-state index in [0.29, 0.717) is 12.1 Å². The van der Waals surface area contributed by atoms with Crippen LogP contribution in [0.4, 0.5) is 5.69 Å². The van der Waals surface area contributed by atoms with Crippen LogP contribution >= 0.6 is 22.6 Å². The van der Waals surface area contributed by atoms with Gasteiger partial charge in [-0.15, -0.1) is 0 Å². The maximum atomic E-state index is 14.0. The second-order valence-corrected chi connectivity index (χ2v) is 11.8. The number of halogens is 1. The standard InChI is InChI=1S/C26H30INO5S/c1-5-33-25(29)14-15-32-18-20-16-26(3,4)17-24(20)28(23-9-7-6-8-22(23)27)34(30,31)21-12-10-19(2)11-13-21/h6-16,24H,5,17-18H2,1-4H3/b15-14+. The number of nitrogens with zero attached hydrogens (tertiary/aromatic N) is 1. The van der Waals surface area contributed by atoms with Gasteiger partial charge in [0, 0.05) is 3.57 Å². The van der Waals surface area contributed by atoms with Crippen molar-refractivity contribution in [3.63, 3.8) is 0 Å². The van der Waals surface area contributed by atoms with Gasteiger partial charge in [-0.3, -0.25) is 4.31 Å². The Bertz CT molecular complexity index is 1190. The lowest BCUT2D eigenvalue weighted by molar-refractivity contribution is -0.137. The third kappa shape index (κ3) is 6.21. The number of allylic oxidation sites excluding steroid dienone is 1. The molecule has 2 aromatic carbocycles. The van der Waals surface area contributed by atoms with Crippen LogP contribution in [0.2, 0.25) is 0 Å². The van der Waals surface area contributed by atoms with Gasteiger partial charge in [-0.25, -0.2) is 13.2 Å². The molecule has 1 aliphatic rings. The van der Waals surface area contributed by atoms with E-state index in [0.717, 1.165) is 14.7 Å². The Morgan fingerprint density at radius 3 is 2.50 bits per heavy atom. The molecule has 6 nitrogen and oxygen atoms in total. The van der Waals surface area contributed by atoms with Crippen LogP contribution in [0.15, 0.2) is 77.4 Å². The summed E-state index contributed by atoms with van der Waals surface area (Å²) in [5.41, 5.74) is 2.23. The summed E-state index contributed by atoms with van der Waals surface area (Å²) in [5, 5.41) is 0. The second kappa shape index (κ2) is 10.9. The molecule has 0 saturated heterocycles. The van der Waals surface area contributed by atoms with Crippen molar-refractivity contribution in [3.05, 3.63) is 81.7 Å². The summed E-state index contributed by atoms with van der Waals surface area (Å²) >= 11 is 2.17. The van der Waals surface area contributed by atoms with Crippen molar-refractivity contribution in [2.45, 2.75) is 45.1 Å². The highest BCUT2D eigenvalue weighted by atomic mass is 127. The Balaban J connectivity index is 2.01. The van der Waals surface area contributed by atoms with Crippen molar-refractivity contribution >= 4 is 44.3 Å². The molecular formula is C26H30INO5S. The number of para-hydroxylation sites is 1. The fourth-order valence-corrected chi connectivity index (χ4v) is 6.50. The van der Waals surface area contributed by atoms with Crippen LogP contribution in [0, 0.1) is 15.9 Å². The number of anilines is 1. The Morgan fingerprint density at radius 1 is 1.18 bits per heavy atom. The number of ether oxygens (including phenoxy) is 2. The number of hydrogen-bond donors (Lipinski definition) is 0. The van der Waals surface area contributed by atoms with Crippen molar-refractivity contribution < 1.29 is 22.7 Å². The molecule has 0 heterocycles. The first-order chi connectivity index (χ1) is 16.0. The van der Waals surface area contributed by atoms with Gasteiger partial charge in [0.25, 0.3) is 10.0 Å². The molecule has 8 heteroatoms. The fraction of sp³-hybridized carbons (Fsp3) is 0.346. The molecule has 1 aliphatic carbocycles. The zero-order valence-electron chi connectivity index (χ0n) is 19.8. The van der Waals surface area contributed by atoms with Crippen LogP contribution in [-0.2, 0) is 24.3 Å². The average Bonchev–Trinajstić information content (AvgIpc) is 3.07. The predicted octanol–water partition coefficient (Wildman–Crippen LogP) is 5.61. The molecule has 0 radical (unpaired) electrons. The van der Waals surface area contributed by atoms with Crippen LogP contribution in [-0.4, -0.2) is 33.6 Å². The molecule has 0 spiro atoms. The monoisotopic (exact) mass is 595 g/mol. The third-order valence-electron chi connectivity index (χ3n) is 5.51. The van der Waals surface area contributed by atoms with Crippen LogP contribution in [0.3, 0.4) is 0 Å². The molecule has 0 bridgehead atoms. The number of carbonyl (C=O) groups excluding carboxylic acids is 1. The summed E-state index contributed by atoms with van der Waals surface area (Å²) < 4.78 is 40.9. The number of sulfonamides is 1. The summed E-state index contributed by atoms with van der Waals surface area (Å²) in [6.07, 6.45) is 5.19. The summed E-state index contributed by atoms with van der Waals surface area (Å²) in [6, 6.07) is 13.9. The van der Waals surface area contributed by atoms with E-state index in [2.05, 4.69) is 42.5 Å². The van der Waals surface area contributed by atoms with Gasteiger partial charge in [0.1, 0.15) is 6.61 Å². The quantitative estimate of drug-likeness (QED) is 0.124. The Morgan fingerprint density at radius 2 is 1.85 bits per heavy atom. The molecule has 1 unspecified atom stereocenters. The Labute approximate surface area is 215 Å². The number of esters is 1. The minimum Gasteiger partial charge on any atom is -0.497 e. The van der Waals surface area contributed by atoms with Crippen molar-refractivity contribution in [1.82, 2.24) is 0 Å². The van der Waals surface area contributed by atoms with Gasteiger partial charge >= 0.3 is 5.97 Å². The number of benzene rings is 2. The zero-order chi connectivity index (χ0) is 24.9. The van der Waals surface area contributed by atoms with Crippen LogP contribution in [0.5, 0.6) is 0 Å². The van der Waals surface area contributed by atoms with Crippen LogP contribution in [0.25, 0.3) is 0 Å². The number of rotatable bonds is 9. The lowest BCUT2D eigenvalue weighted by Crippen LogP contribution is -2.42. The molecule has 2 aromatic rings. The largest absolute Gasteiger partial charge is 0.497 e. The van der Waals surface area contributed by atoms with E-state index in [1.165, 1.54) is 16.6 Å². The molecule has 0 fully saturated rings. The maximum Gasteiger partial charge on any atom is 0.333 e. The molecule has 0 aliphatic heterocycles. The first kappa shape index (κ1) is 26.3. The Kier molecular flexibility index (Phi) is 8.46. The summed E-state index contributed by atoms with van der Waals surface area (Å²) in [6.45, 7) is 8.26. The van der Waals surface area contributed by atoms with E-state index in [9.17, 15) is 13.2 Å². The topological polar surface area (TPSA) is 72.9 Å². The third-order valence-corrected chi connectivity index (χ3v) is 8.26. The average molecular weight is 595 g/mol. The van der Waals surface area contributed by atoms with Crippen molar-refractivity contribution in [2.24, 2.45) is 5.41 Å². The molecule has 0 N–H and O–H groups in total. The van der Waals surface area contributed by atoms with Gasteiger partial charge in [-0.2, -0.15) is 0 Å². The van der Waals surface area contributed by atoms with E-state index < -0.39 is 22.0 Å². The van der Waals surface area contributed by atoms with Gasteiger partial charge < -0.3 is 9.47 Å². The lowest BCUT2D eigenvalue weighted by atomic mass is 9.92. The Hall–Kier alpha value is -2.33. The number of hydrogen-bond acceptors (Lipinski definition) is 5. The molecule has 182 valence electrons. The fourth-order valence-electron chi connectivity index (χ4n) is 4.02. The molecule has 1 atom stereocenters. The van der Waals surface area contributed by atoms with Crippen LogP contribution in [0.1, 0.15) is 32.8 Å². The molecule has 0 aromatic heterocycles. The summed E-state index contributed by atoms with van der Waals surface area (Å²) in [7, 11) is -3.87. The SMILES string of the molecule is CCOC(=O)/C=C/OCC1=CC(C)(C)CC1N(c1ccccc1I)S(=O)(=O)c1ccc(C)cc1. The maximum absolute atomic E-state index is 14.0. The van der Waals surface area contributed by atoms with E-state index in [1.54, 1.807) is 31.2 Å². The normalized spacial score (nSPS) is 17.4. The van der Waals surface area contributed by atoms with E-state index >= 15 is 0 Å². The molecule has 34 heavy (non-hydrogen) atoms. The zero-order valence-corrected chi connectivity index (χ0v) is 22.8. The molecular weight excluding hydrogens is 565 g/mol. The van der Waals surface area contributed by atoms with Crippen molar-refractivity contribution in [2.75, 3.05) is 17.5 Å². The first-order valence-electron chi connectivity index (χ1n) is 11.1. The number of carbonyl (C=O) groups is 1. The summed E-state index contributed by atoms with van der Waals surface area (Å²) in [4.78, 5) is 11.8. The van der Waals surface area contributed by atoms with Gasteiger partial charge in [-0.05, 0) is 78.1 Å². The van der Waals surface area contributed by atoms with Gasteiger partial charge in [0.05, 0.1) is 35.6 Å². The predicted molar refractivity (Wildman–Crippen MR) is 142 cm³/mol. The summed E-state index contributed by atoms with van der Waals surface area (Å²) in [5.74, 6) is -0.484.